The molecule has 2 bridgehead atoms. The summed E-state index contributed by atoms with van der Waals surface area (Å²) in [5.41, 5.74) is 0.662. The van der Waals surface area contributed by atoms with Crippen LogP contribution in [-0.2, 0) is 29.5 Å². The third kappa shape index (κ3) is 1.83. The highest BCUT2D eigenvalue weighted by atomic mass is 16.5. The lowest BCUT2D eigenvalue weighted by atomic mass is 9.67. The monoisotopic (exact) mass is 375 g/mol. The van der Waals surface area contributed by atoms with Crippen LogP contribution in [0.3, 0.4) is 0 Å². The van der Waals surface area contributed by atoms with Crippen molar-refractivity contribution in [3.63, 3.8) is 0 Å². The number of para-hydroxylation sites is 1. The Morgan fingerprint density at radius 2 is 1.75 bits per heavy atom. The first-order chi connectivity index (χ1) is 13.5. The lowest BCUT2D eigenvalue weighted by Gasteiger charge is -2.33. The molecule has 4 atom stereocenters. The largest absolute Gasteiger partial charge is 0.466 e. The van der Waals surface area contributed by atoms with Gasteiger partial charge in [-0.3, -0.25) is 9.59 Å². The van der Waals surface area contributed by atoms with Crippen molar-refractivity contribution in [2.75, 3.05) is 12.0 Å². The molecule has 6 nitrogen and oxygen atoms in total. The second-order valence-electron chi connectivity index (χ2n) is 7.18. The summed E-state index contributed by atoms with van der Waals surface area (Å²) in [7, 11) is 1.26. The number of methoxy groups -OCH3 is 1. The van der Waals surface area contributed by atoms with Crippen LogP contribution in [0.5, 0.6) is 0 Å². The summed E-state index contributed by atoms with van der Waals surface area (Å²) in [6.07, 6.45) is -0.604. The predicted octanol–water partition coefficient (Wildman–Crippen LogP) is 2.50. The van der Waals surface area contributed by atoms with Crippen molar-refractivity contribution < 1.29 is 23.9 Å². The number of rotatable bonds is 3. The molecule has 2 amide bonds. The van der Waals surface area contributed by atoms with Crippen molar-refractivity contribution in [2.24, 2.45) is 11.8 Å². The molecule has 5 rings (SSSR count). The van der Waals surface area contributed by atoms with E-state index in [0.717, 1.165) is 5.56 Å². The van der Waals surface area contributed by atoms with Gasteiger partial charge in [0, 0.05) is 0 Å². The highest BCUT2D eigenvalue weighted by Gasteiger charge is 2.73. The van der Waals surface area contributed by atoms with Crippen molar-refractivity contribution in [1.82, 2.24) is 0 Å². The number of anilines is 1. The lowest BCUT2D eigenvalue weighted by Crippen LogP contribution is -2.43. The van der Waals surface area contributed by atoms with E-state index in [4.69, 9.17) is 9.47 Å². The number of carbonyl (C=O) groups excluding carboxylic acids is 3. The number of ether oxygens (including phenoxy) is 2. The molecular weight excluding hydrogens is 358 g/mol. The van der Waals surface area contributed by atoms with E-state index in [1.165, 1.54) is 12.0 Å². The molecule has 3 aliphatic rings. The maximum atomic E-state index is 13.4. The van der Waals surface area contributed by atoms with Gasteiger partial charge in [0.2, 0.25) is 11.8 Å². The molecule has 0 radical (unpaired) electrons. The van der Waals surface area contributed by atoms with E-state index in [2.05, 4.69) is 6.58 Å². The molecule has 0 saturated carbocycles. The summed E-state index contributed by atoms with van der Waals surface area (Å²) in [5, 5.41) is 0. The fourth-order valence-corrected chi connectivity index (χ4v) is 4.87. The molecule has 3 heterocycles. The van der Waals surface area contributed by atoms with Gasteiger partial charge in [0.05, 0.1) is 36.3 Å². The normalized spacial score (nSPS) is 29.6. The zero-order valence-corrected chi connectivity index (χ0v) is 15.1. The molecule has 3 aliphatic heterocycles. The average molecular weight is 375 g/mol. The van der Waals surface area contributed by atoms with Gasteiger partial charge < -0.3 is 9.47 Å². The molecule has 28 heavy (non-hydrogen) atoms. The number of hydrogen-bond acceptors (Lipinski definition) is 5. The molecule has 140 valence electrons. The van der Waals surface area contributed by atoms with E-state index < -0.39 is 29.5 Å². The minimum absolute atomic E-state index is 0.0357. The Kier molecular flexibility index (Phi) is 3.39. The number of amides is 2. The molecule has 2 fully saturated rings. The summed E-state index contributed by atoms with van der Waals surface area (Å²) in [6.45, 7) is 3.91. The van der Waals surface area contributed by atoms with Gasteiger partial charge in [-0.25, -0.2) is 9.69 Å². The fourth-order valence-electron chi connectivity index (χ4n) is 4.87. The summed E-state index contributed by atoms with van der Waals surface area (Å²) in [5.74, 6) is -2.92. The van der Waals surface area contributed by atoms with Crippen LogP contribution in [0.25, 0.3) is 0 Å². The van der Waals surface area contributed by atoms with E-state index >= 15 is 0 Å². The Labute approximate surface area is 161 Å². The van der Waals surface area contributed by atoms with Crippen molar-refractivity contribution in [1.29, 1.82) is 0 Å². The Bertz CT molecular complexity index is 1050. The van der Waals surface area contributed by atoms with E-state index in [0.29, 0.717) is 11.3 Å². The van der Waals surface area contributed by atoms with Crippen LogP contribution in [-0.4, -0.2) is 24.9 Å². The Morgan fingerprint density at radius 3 is 2.46 bits per heavy atom. The van der Waals surface area contributed by atoms with Crippen LogP contribution in [0.2, 0.25) is 0 Å². The van der Waals surface area contributed by atoms with Crippen LogP contribution in [0.15, 0.2) is 66.7 Å². The van der Waals surface area contributed by atoms with Gasteiger partial charge in [-0.05, 0) is 23.3 Å². The Morgan fingerprint density at radius 1 is 1.07 bits per heavy atom. The number of imide groups is 1. The highest BCUT2D eigenvalue weighted by molar-refractivity contribution is 6.23. The number of nitrogens with zero attached hydrogens (tertiary/aromatic N) is 1. The minimum atomic E-state index is -1.39. The lowest BCUT2D eigenvalue weighted by molar-refractivity contribution is -0.141. The highest BCUT2D eigenvalue weighted by Crippen LogP contribution is 2.66. The number of hydrogen-bond donors (Lipinski definition) is 0. The number of carbonyl (C=O) groups is 3. The zero-order chi connectivity index (χ0) is 19.6. The van der Waals surface area contributed by atoms with Crippen LogP contribution >= 0.6 is 0 Å². The zero-order valence-electron chi connectivity index (χ0n) is 15.1. The van der Waals surface area contributed by atoms with E-state index in [1.54, 1.807) is 24.3 Å². The third-order valence-electron chi connectivity index (χ3n) is 5.99. The summed E-state index contributed by atoms with van der Waals surface area (Å²) < 4.78 is 11.1. The quantitative estimate of drug-likeness (QED) is 0.468. The topological polar surface area (TPSA) is 72.9 Å². The second kappa shape index (κ2) is 5.62. The van der Waals surface area contributed by atoms with Gasteiger partial charge in [0.1, 0.15) is 5.60 Å². The molecule has 4 unspecified atom stereocenters. The molecule has 2 aromatic rings. The molecule has 0 aromatic heterocycles. The predicted molar refractivity (Wildman–Crippen MR) is 99.0 cm³/mol. The average Bonchev–Trinajstić information content (AvgIpc) is 3.35. The molecule has 2 saturated heterocycles. The van der Waals surface area contributed by atoms with Gasteiger partial charge in [-0.15, -0.1) is 0 Å². The van der Waals surface area contributed by atoms with Gasteiger partial charge in [0.15, 0.2) is 0 Å². The van der Waals surface area contributed by atoms with Gasteiger partial charge in [0.25, 0.3) is 0 Å². The van der Waals surface area contributed by atoms with Gasteiger partial charge in [-0.2, -0.15) is 0 Å². The molecule has 0 spiro atoms. The summed E-state index contributed by atoms with van der Waals surface area (Å²) in [6, 6.07) is 16.2. The molecule has 0 aliphatic carbocycles. The van der Waals surface area contributed by atoms with Crippen molar-refractivity contribution in [3.05, 3.63) is 77.9 Å². The SMILES string of the molecule is C=C(C(=O)OC)C12OC(c3ccccc31)C1C(=O)N(c3ccccc3)C(=O)C12. The van der Waals surface area contributed by atoms with Crippen molar-refractivity contribution >= 4 is 23.5 Å². The third-order valence-corrected chi connectivity index (χ3v) is 5.99. The Balaban J connectivity index is 1.71. The first-order valence-corrected chi connectivity index (χ1v) is 9.00. The minimum Gasteiger partial charge on any atom is -0.466 e. The number of esters is 1. The number of fused-ring (bicyclic) bond motifs is 8. The summed E-state index contributed by atoms with van der Waals surface area (Å²) >= 11 is 0. The van der Waals surface area contributed by atoms with Crippen LogP contribution in [0.4, 0.5) is 5.69 Å². The molecule has 2 aromatic carbocycles. The maximum Gasteiger partial charge on any atom is 0.336 e. The van der Waals surface area contributed by atoms with Gasteiger partial charge >= 0.3 is 5.97 Å². The summed E-state index contributed by atoms with van der Waals surface area (Å²) in [4.78, 5) is 40.3. The first-order valence-electron chi connectivity index (χ1n) is 9.00. The smallest absolute Gasteiger partial charge is 0.336 e. The van der Waals surface area contributed by atoms with E-state index in [1.807, 2.05) is 30.3 Å². The van der Waals surface area contributed by atoms with Crippen LogP contribution in [0, 0.1) is 11.8 Å². The van der Waals surface area contributed by atoms with Crippen molar-refractivity contribution in [3.8, 4) is 0 Å². The van der Waals surface area contributed by atoms with Gasteiger partial charge in [-0.1, -0.05) is 49.0 Å². The fraction of sp³-hybridized carbons (Fsp3) is 0.227. The van der Waals surface area contributed by atoms with E-state index in [9.17, 15) is 14.4 Å². The van der Waals surface area contributed by atoms with Crippen molar-refractivity contribution in [2.45, 2.75) is 11.7 Å². The first kappa shape index (κ1) is 16.9. The Hall–Kier alpha value is -3.25. The van der Waals surface area contributed by atoms with E-state index in [-0.39, 0.29) is 17.4 Å². The maximum absolute atomic E-state index is 13.4. The molecule has 6 heteroatoms. The second-order valence-corrected chi connectivity index (χ2v) is 7.18. The van der Waals surface area contributed by atoms with Crippen LogP contribution in [0.1, 0.15) is 17.2 Å². The number of benzene rings is 2. The molecule has 0 N–H and O–H groups in total. The standard InChI is InChI=1S/C22H17NO5/c1-12(21(26)27-2)22-15-11-7-6-10-14(15)18(28-22)16-17(22)20(25)23(19(16)24)13-8-4-3-5-9-13/h3-11,16-18H,1H2,2H3. The molecular formula is C22H17NO5. The van der Waals surface area contributed by atoms with Crippen LogP contribution < -0.4 is 4.90 Å².